The number of hydrogen-bond acceptors (Lipinski definition) is 4. The van der Waals surface area contributed by atoms with Gasteiger partial charge in [0.15, 0.2) is 0 Å². The molecule has 0 aromatic carbocycles. The second-order valence-corrected chi connectivity index (χ2v) is 3.13. The van der Waals surface area contributed by atoms with E-state index in [1.165, 1.54) is 0 Å². The molecule has 0 aliphatic rings. The first-order chi connectivity index (χ1) is 5.33. The summed E-state index contributed by atoms with van der Waals surface area (Å²) < 4.78 is 10.1. The third kappa shape index (κ3) is 2.95. The second kappa shape index (κ2) is 4.41. The van der Waals surface area contributed by atoms with Crippen LogP contribution in [-0.4, -0.2) is 24.0 Å². The van der Waals surface area contributed by atoms with Gasteiger partial charge in [-0.1, -0.05) is 11.8 Å². The van der Waals surface area contributed by atoms with Crippen LogP contribution in [-0.2, 0) is 4.74 Å². The molecule has 3 nitrogen and oxygen atoms in total. The molecule has 0 saturated carbocycles. The Hall–Kier alpha value is -0.480. The van der Waals surface area contributed by atoms with Crippen molar-refractivity contribution >= 4 is 11.8 Å². The normalized spacial score (nSPS) is 13.3. The zero-order valence-corrected chi connectivity index (χ0v) is 7.43. The van der Waals surface area contributed by atoms with Gasteiger partial charge in [0.2, 0.25) is 0 Å². The Kier molecular flexibility index (Phi) is 3.45. The summed E-state index contributed by atoms with van der Waals surface area (Å²) in [6, 6.07) is 0. The predicted molar refractivity (Wildman–Crippen MR) is 43.7 cm³/mol. The van der Waals surface area contributed by atoms with Crippen LogP contribution in [0.5, 0.6) is 0 Å². The lowest BCUT2D eigenvalue weighted by Gasteiger charge is -2.05. The molecule has 1 aromatic rings. The van der Waals surface area contributed by atoms with Gasteiger partial charge in [-0.15, -0.1) is 0 Å². The van der Waals surface area contributed by atoms with Crippen molar-refractivity contribution in [1.29, 1.82) is 0 Å². The molecular formula is C7H11NO2S. The molecule has 0 spiro atoms. The lowest BCUT2D eigenvalue weighted by molar-refractivity contribution is 0.137. The van der Waals surface area contributed by atoms with Crippen LogP contribution in [0.3, 0.4) is 0 Å². The average molecular weight is 173 g/mol. The molecule has 0 saturated heterocycles. The van der Waals surface area contributed by atoms with Gasteiger partial charge in [0, 0.05) is 12.9 Å². The Labute approximate surface area is 70.1 Å². The summed E-state index contributed by atoms with van der Waals surface area (Å²) >= 11 is 1.56. The lowest BCUT2D eigenvalue weighted by Crippen LogP contribution is -2.07. The lowest BCUT2D eigenvalue weighted by atomic mass is 10.5. The molecule has 0 aliphatic heterocycles. The molecule has 0 radical (unpaired) electrons. The van der Waals surface area contributed by atoms with Crippen LogP contribution < -0.4 is 0 Å². The first-order valence-electron chi connectivity index (χ1n) is 3.38. The molecular weight excluding hydrogens is 162 g/mol. The van der Waals surface area contributed by atoms with Crippen molar-refractivity contribution in [2.75, 3.05) is 12.9 Å². The zero-order chi connectivity index (χ0) is 8.10. The van der Waals surface area contributed by atoms with E-state index < -0.39 is 0 Å². The number of methoxy groups -OCH3 is 1. The molecule has 1 heterocycles. The van der Waals surface area contributed by atoms with Crippen molar-refractivity contribution in [2.24, 2.45) is 0 Å². The van der Waals surface area contributed by atoms with Gasteiger partial charge in [-0.25, -0.2) is 4.98 Å². The molecule has 1 aromatic heterocycles. The summed E-state index contributed by atoms with van der Waals surface area (Å²) in [4.78, 5) is 3.96. The maximum Gasteiger partial charge on any atom is 0.255 e. The van der Waals surface area contributed by atoms with E-state index in [2.05, 4.69) is 4.98 Å². The quantitative estimate of drug-likeness (QED) is 0.650. The first-order valence-corrected chi connectivity index (χ1v) is 4.36. The molecule has 1 unspecified atom stereocenters. The summed E-state index contributed by atoms with van der Waals surface area (Å²) in [7, 11) is 1.70. The van der Waals surface area contributed by atoms with Gasteiger partial charge in [0.25, 0.3) is 5.22 Å². The van der Waals surface area contributed by atoms with E-state index in [-0.39, 0.29) is 6.10 Å². The minimum absolute atomic E-state index is 0.242. The van der Waals surface area contributed by atoms with Gasteiger partial charge < -0.3 is 9.15 Å². The van der Waals surface area contributed by atoms with Gasteiger partial charge in [-0.3, -0.25) is 0 Å². The van der Waals surface area contributed by atoms with Crippen LogP contribution in [0, 0.1) is 0 Å². The van der Waals surface area contributed by atoms with E-state index in [1.807, 2.05) is 6.92 Å². The van der Waals surface area contributed by atoms with Crippen molar-refractivity contribution in [2.45, 2.75) is 18.3 Å². The Morgan fingerprint density at radius 1 is 1.82 bits per heavy atom. The van der Waals surface area contributed by atoms with Crippen LogP contribution in [0.25, 0.3) is 0 Å². The highest BCUT2D eigenvalue weighted by Gasteiger charge is 2.02. The number of rotatable bonds is 4. The molecule has 0 amide bonds. The topological polar surface area (TPSA) is 35.3 Å². The highest BCUT2D eigenvalue weighted by molar-refractivity contribution is 7.99. The predicted octanol–water partition coefficient (Wildman–Crippen LogP) is 1.80. The summed E-state index contributed by atoms with van der Waals surface area (Å²) in [6.45, 7) is 2.01. The fourth-order valence-electron chi connectivity index (χ4n) is 0.538. The SMILES string of the molecule is COC(C)CSc1ncco1. The Balaban J connectivity index is 2.23. The molecule has 62 valence electrons. The summed E-state index contributed by atoms with van der Waals surface area (Å²) in [5, 5.41) is 0.703. The van der Waals surface area contributed by atoms with Crippen molar-refractivity contribution in [3.05, 3.63) is 12.5 Å². The number of ether oxygens (including phenoxy) is 1. The highest BCUT2D eigenvalue weighted by Crippen LogP contribution is 2.16. The van der Waals surface area contributed by atoms with E-state index in [0.717, 1.165) is 5.75 Å². The molecule has 0 bridgehead atoms. The third-order valence-electron chi connectivity index (χ3n) is 1.25. The number of aromatic nitrogens is 1. The standard InChI is InChI=1S/C7H11NO2S/c1-6(9-2)5-11-7-8-3-4-10-7/h3-4,6H,5H2,1-2H3. The first kappa shape index (κ1) is 8.62. The van der Waals surface area contributed by atoms with Gasteiger partial charge >= 0.3 is 0 Å². The van der Waals surface area contributed by atoms with Crippen LogP contribution in [0.1, 0.15) is 6.92 Å². The third-order valence-corrected chi connectivity index (χ3v) is 2.34. The van der Waals surface area contributed by atoms with Crippen molar-refractivity contribution < 1.29 is 9.15 Å². The van der Waals surface area contributed by atoms with Crippen LogP contribution in [0.2, 0.25) is 0 Å². The largest absolute Gasteiger partial charge is 0.440 e. The molecule has 4 heteroatoms. The molecule has 11 heavy (non-hydrogen) atoms. The minimum atomic E-state index is 0.242. The maximum atomic E-state index is 5.06. The number of thioether (sulfide) groups is 1. The fraction of sp³-hybridized carbons (Fsp3) is 0.571. The number of nitrogens with zero attached hydrogens (tertiary/aromatic N) is 1. The summed E-state index contributed by atoms with van der Waals surface area (Å²) in [5.41, 5.74) is 0. The van der Waals surface area contributed by atoms with Crippen molar-refractivity contribution in [3.63, 3.8) is 0 Å². The van der Waals surface area contributed by atoms with Crippen molar-refractivity contribution in [1.82, 2.24) is 4.98 Å². The monoisotopic (exact) mass is 173 g/mol. The van der Waals surface area contributed by atoms with Gasteiger partial charge in [-0.2, -0.15) is 0 Å². The van der Waals surface area contributed by atoms with Crippen LogP contribution in [0.15, 0.2) is 22.1 Å². The van der Waals surface area contributed by atoms with Crippen LogP contribution in [0.4, 0.5) is 0 Å². The molecule has 0 aliphatic carbocycles. The van der Waals surface area contributed by atoms with E-state index in [0.29, 0.717) is 5.22 Å². The molecule has 1 atom stereocenters. The number of oxazole rings is 1. The average Bonchev–Trinajstić information content (AvgIpc) is 2.52. The zero-order valence-electron chi connectivity index (χ0n) is 6.61. The van der Waals surface area contributed by atoms with E-state index in [4.69, 9.17) is 9.15 Å². The maximum absolute atomic E-state index is 5.06. The van der Waals surface area contributed by atoms with Crippen molar-refractivity contribution in [3.8, 4) is 0 Å². The molecule has 0 N–H and O–H groups in total. The fourth-order valence-corrected chi connectivity index (χ4v) is 1.31. The van der Waals surface area contributed by atoms with Gasteiger partial charge in [0.1, 0.15) is 6.26 Å². The minimum Gasteiger partial charge on any atom is -0.440 e. The van der Waals surface area contributed by atoms with E-state index >= 15 is 0 Å². The van der Waals surface area contributed by atoms with Gasteiger partial charge in [0.05, 0.1) is 12.3 Å². The number of hydrogen-bond donors (Lipinski definition) is 0. The van der Waals surface area contributed by atoms with E-state index in [1.54, 1.807) is 31.3 Å². The highest BCUT2D eigenvalue weighted by atomic mass is 32.2. The summed E-state index contributed by atoms with van der Waals surface area (Å²) in [5.74, 6) is 0.872. The van der Waals surface area contributed by atoms with Crippen LogP contribution >= 0.6 is 11.8 Å². The van der Waals surface area contributed by atoms with E-state index in [9.17, 15) is 0 Å². The second-order valence-electron chi connectivity index (χ2n) is 2.16. The van der Waals surface area contributed by atoms with Gasteiger partial charge in [-0.05, 0) is 6.92 Å². The molecule has 0 fully saturated rings. The smallest absolute Gasteiger partial charge is 0.255 e. The molecule has 1 rings (SSSR count). The Morgan fingerprint density at radius 2 is 2.64 bits per heavy atom. The Morgan fingerprint density at radius 3 is 3.18 bits per heavy atom. The Bertz CT molecular complexity index is 188. The summed E-state index contributed by atoms with van der Waals surface area (Å²) in [6.07, 6.45) is 3.45.